The number of anilines is 1. The van der Waals surface area contributed by atoms with Gasteiger partial charge in [-0.05, 0) is 59.7 Å². The van der Waals surface area contributed by atoms with Crippen LogP contribution in [0.2, 0.25) is 0 Å². The molecule has 1 N–H and O–H groups in total. The van der Waals surface area contributed by atoms with Gasteiger partial charge in [0.25, 0.3) is 0 Å². The number of amides is 2. The van der Waals surface area contributed by atoms with Crippen LogP contribution in [0.3, 0.4) is 0 Å². The largest absolute Gasteiger partial charge is 0.494 e. The van der Waals surface area contributed by atoms with Crippen LogP contribution in [-0.4, -0.2) is 77.9 Å². The van der Waals surface area contributed by atoms with E-state index in [2.05, 4.69) is 31.2 Å². The molecule has 1 fully saturated rings. The Morgan fingerprint density at radius 1 is 1.17 bits per heavy atom. The zero-order valence-corrected chi connectivity index (χ0v) is 23.2. The number of hydrogen-bond acceptors (Lipinski definition) is 9. The molecule has 2 atom stereocenters. The molecule has 1 saturated heterocycles. The molecule has 0 saturated carbocycles. The van der Waals surface area contributed by atoms with E-state index in [4.69, 9.17) is 9.47 Å². The second-order valence-corrected chi connectivity index (χ2v) is 9.94. The topological polar surface area (TPSA) is 147 Å². The van der Waals surface area contributed by atoms with E-state index in [0.29, 0.717) is 47.0 Å². The van der Waals surface area contributed by atoms with Crippen LogP contribution in [0, 0.1) is 0 Å². The van der Waals surface area contributed by atoms with E-state index in [1.165, 1.54) is 27.7 Å². The number of tetrazole rings is 1. The van der Waals surface area contributed by atoms with Gasteiger partial charge in [0.15, 0.2) is 6.04 Å². The van der Waals surface area contributed by atoms with Gasteiger partial charge in [-0.15, -0.1) is 10.2 Å². The highest BCUT2D eigenvalue weighted by Crippen LogP contribution is 2.34. The Hall–Kier alpha value is -5.11. The Kier molecular flexibility index (Phi) is 7.60. The van der Waals surface area contributed by atoms with E-state index in [1.54, 1.807) is 18.2 Å². The number of fused-ring (bicyclic) bond motifs is 1. The first-order valence-corrected chi connectivity index (χ1v) is 13.6. The number of ether oxygens (including phenoxy) is 2. The first-order valence-electron chi connectivity index (χ1n) is 13.6. The summed E-state index contributed by atoms with van der Waals surface area (Å²) in [5.41, 5.74) is 3.00. The number of hydrogen-bond donors (Lipinski definition) is 1. The van der Waals surface area contributed by atoms with E-state index in [9.17, 15) is 9.59 Å². The van der Waals surface area contributed by atoms with Crippen LogP contribution < -0.4 is 15.0 Å². The maximum atomic E-state index is 14.3. The van der Waals surface area contributed by atoms with Crippen LogP contribution in [0.1, 0.15) is 24.6 Å². The lowest BCUT2D eigenvalue weighted by Gasteiger charge is -2.32. The number of aryl methyl sites for hydroxylation is 1. The molecular weight excluding hydrogens is 540 g/mol. The lowest BCUT2D eigenvalue weighted by atomic mass is 10.1. The maximum Gasteiger partial charge on any atom is 0.249 e. The highest BCUT2D eigenvalue weighted by molar-refractivity contribution is 6.01. The fourth-order valence-corrected chi connectivity index (χ4v) is 5.21. The summed E-state index contributed by atoms with van der Waals surface area (Å²) in [5.74, 6) is -0.303. The van der Waals surface area contributed by atoms with Gasteiger partial charge in [0, 0.05) is 38.1 Å². The molecule has 6 rings (SSSR count). The molecule has 0 aliphatic carbocycles. The number of aromatic nitrogens is 8. The third kappa shape index (κ3) is 5.31. The van der Waals surface area contributed by atoms with Crippen LogP contribution in [0.5, 0.6) is 5.75 Å². The molecule has 42 heavy (non-hydrogen) atoms. The van der Waals surface area contributed by atoms with Gasteiger partial charge in [-0.2, -0.15) is 4.68 Å². The molecule has 14 nitrogen and oxygen atoms in total. The summed E-state index contributed by atoms with van der Waals surface area (Å²) in [6.45, 7) is 0.861. The fourth-order valence-electron chi connectivity index (χ4n) is 5.21. The summed E-state index contributed by atoms with van der Waals surface area (Å²) in [6, 6.07) is 15.2. The van der Waals surface area contributed by atoms with Crippen molar-refractivity contribution in [2.24, 2.45) is 7.05 Å². The molecule has 3 aromatic heterocycles. The second-order valence-electron chi connectivity index (χ2n) is 9.94. The van der Waals surface area contributed by atoms with Crippen molar-refractivity contribution < 1.29 is 19.1 Å². The van der Waals surface area contributed by atoms with Gasteiger partial charge in [0.1, 0.15) is 29.8 Å². The third-order valence-corrected chi connectivity index (χ3v) is 7.31. The fraction of sp³-hybridized carbons (Fsp3) is 0.321. The number of nitrogens with one attached hydrogen (secondary N) is 1. The molecule has 1 aliphatic heterocycles. The van der Waals surface area contributed by atoms with E-state index in [-0.39, 0.29) is 24.5 Å². The molecule has 4 heterocycles. The first-order chi connectivity index (χ1) is 20.5. The molecule has 2 amide bonds. The Morgan fingerprint density at radius 2 is 2.05 bits per heavy atom. The number of para-hydroxylation sites is 1. The zero-order valence-electron chi connectivity index (χ0n) is 23.2. The SMILES string of the molecule is COc1cc(N(C(=O)Cn2nnc3ccccc32)[C@@H](C(=O)NC[C@H]2CCCO2)c2cccn2C)ccc1-n1cnnn1. The number of carbonyl (C=O) groups excluding carboxylic acids is 2. The molecule has 1 aliphatic rings. The molecule has 2 aromatic carbocycles. The number of carbonyl (C=O) groups is 2. The van der Waals surface area contributed by atoms with Gasteiger partial charge in [-0.25, -0.2) is 4.68 Å². The minimum atomic E-state index is -1.02. The van der Waals surface area contributed by atoms with Crippen molar-refractivity contribution in [2.75, 3.05) is 25.2 Å². The number of benzene rings is 2. The van der Waals surface area contributed by atoms with Crippen molar-refractivity contribution in [3.8, 4) is 11.4 Å². The van der Waals surface area contributed by atoms with Crippen molar-refractivity contribution in [3.05, 3.63) is 72.8 Å². The molecule has 0 unspecified atom stereocenters. The molecule has 0 bridgehead atoms. The lowest BCUT2D eigenvalue weighted by Crippen LogP contribution is -2.47. The Bertz CT molecular complexity index is 1690. The summed E-state index contributed by atoms with van der Waals surface area (Å²) >= 11 is 0. The van der Waals surface area contributed by atoms with Crippen molar-refractivity contribution in [3.63, 3.8) is 0 Å². The Morgan fingerprint density at radius 3 is 2.79 bits per heavy atom. The summed E-state index contributed by atoms with van der Waals surface area (Å²) in [4.78, 5) is 29.8. The van der Waals surface area contributed by atoms with Crippen LogP contribution in [-0.2, 0) is 27.9 Å². The van der Waals surface area contributed by atoms with Gasteiger partial charge in [0.05, 0.1) is 24.4 Å². The Labute approximate surface area is 240 Å². The summed E-state index contributed by atoms with van der Waals surface area (Å²) in [5, 5.41) is 22.8. The number of methoxy groups -OCH3 is 1. The zero-order chi connectivity index (χ0) is 29.1. The van der Waals surface area contributed by atoms with E-state index in [0.717, 1.165) is 12.8 Å². The van der Waals surface area contributed by atoms with Crippen LogP contribution in [0.25, 0.3) is 16.7 Å². The van der Waals surface area contributed by atoms with Crippen LogP contribution in [0.4, 0.5) is 5.69 Å². The quantitative estimate of drug-likeness (QED) is 0.266. The summed E-state index contributed by atoms with van der Waals surface area (Å²) in [6.07, 6.45) is 5.04. The predicted octanol–water partition coefficient (Wildman–Crippen LogP) is 1.82. The van der Waals surface area contributed by atoms with Gasteiger partial charge in [-0.3, -0.25) is 14.5 Å². The molecule has 216 valence electrons. The Balaban J connectivity index is 1.43. The normalized spacial score (nSPS) is 15.5. The van der Waals surface area contributed by atoms with Crippen molar-refractivity contribution >= 4 is 28.5 Å². The average Bonchev–Trinajstić information content (AvgIpc) is 3.83. The van der Waals surface area contributed by atoms with Gasteiger partial charge < -0.3 is 19.4 Å². The minimum Gasteiger partial charge on any atom is -0.494 e. The van der Waals surface area contributed by atoms with Crippen LogP contribution >= 0.6 is 0 Å². The van der Waals surface area contributed by atoms with Crippen molar-refractivity contribution in [2.45, 2.75) is 31.5 Å². The molecule has 14 heteroatoms. The number of nitrogens with zero attached hydrogens (tertiary/aromatic N) is 9. The maximum absolute atomic E-state index is 14.3. The van der Waals surface area contributed by atoms with E-state index < -0.39 is 6.04 Å². The van der Waals surface area contributed by atoms with Crippen LogP contribution in [0.15, 0.2) is 67.1 Å². The molecule has 0 spiro atoms. The standard InChI is InChI=1S/C28H30N10O4/c1-35-13-5-10-24(35)27(28(40)29-16-20-7-6-14-42-20)38(26(39)17-36-22-9-4-3-8-21(22)31-33-36)19-11-12-23(25(15-19)41-2)37-18-30-32-34-37/h3-5,8-13,15,18,20,27H,6-7,14,16-17H2,1-2H3,(H,29,40)/t20-,27-/m1/s1. The second kappa shape index (κ2) is 11.8. The molecule has 0 radical (unpaired) electrons. The average molecular weight is 571 g/mol. The van der Waals surface area contributed by atoms with E-state index in [1.807, 2.05) is 54.2 Å². The molecular formula is C28H30N10O4. The van der Waals surface area contributed by atoms with E-state index >= 15 is 0 Å². The summed E-state index contributed by atoms with van der Waals surface area (Å²) in [7, 11) is 3.36. The van der Waals surface area contributed by atoms with Gasteiger partial charge in [0.2, 0.25) is 11.8 Å². The van der Waals surface area contributed by atoms with Crippen molar-refractivity contribution in [1.29, 1.82) is 0 Å². The first kappa shape index (κ1) is 27.1. The minimum absolute atomic E-state index is 0.0654. The van der Waals surface area contributed by atoms with Crippen molar-refractivity contribution in [1.82, 2.24) is 45.1 Å². The third-order valence-electron chi connectivity index (χ3n) is 7.31. The lowest BCUT2D eigenvalue weighted by molar-refractivity contribution is -0.127. The highest BCUT2D eigenvalue weighted by Gasteiger charge is 2.35. The highest BCUT2D eigenvalue weighted by atomic mass is 16.5. The van der Waals surface area contributed by atoms with Gasteiger partial charge >= 0.3 is 0 Å². The molecule has 5 aromatic rings. The van der Waals surface area contributed by atoms with Gasteiger partial charge in [-0.1, -0.05) is 17.3 Å². The number of rotatable bonds is 10. The summed E-state index contributed by atoms with van der Waals surface area (Å²) < 4.78 is 16.2. The smallest absolute Gasteiger partial charge is 0.249 e. The monoisotopic (exact) mass is 570 g/mol. The predicted molar refractivity (Wildman–Crippen MR) is 151 cm³/mol.